The Morgan fingerprint density at radius 3 is 2.47 bits per heavy atom. The van der Waals surface area contributed by atoms with E-state index in [2.05, 4.69) is 59.1 Å². The summed E-state index contributed by atoms with van der Waals surface area (Å²) < 4.78 is 7.14. The number of aliphatic imine (C=N–C) groups is 1. The zero-order chi connectivity index (χ0) is 20.3. The Morgan fingerprint density at radius 1 is 1.03 bits per heavy atom. The zero-order valence-corrected chi connectivity index (χ0v) is 19.9. The zero-order valence-electron chi connectivity index (χ0n) is 17.5. The van der Waals surface area contributed by atoms with Crippen molar-refractivity contribution in [1.82, 2.24) is 20.4 Å². The van der Waals surface area contributed by atoms with Crippen LogP contribution in [0, 0.1) is 0 Å². The third-order valence-corrected chi connectivity index (χ3v) is 4.58. The van der Waals surface area contributed by atoms with Crippen LogP contribution in [0.25, 0.3) is 5.69 Å². The quantitative estimate of drug-likeness (QED) is 0.256. The van der Waals surface area contributed by atoms with Crippen LogP contribution in [-0.2, 0) is 24.3 Å². The maximum atomic E-state index is 5.28. The second-order valence-electron chi connectivity index (χ2n) is 6.69. The molecular weight excluding hydrogens is 489 g/mol. The number of methoxy groups -OCH3 is 1. The predicted molar refractivity (Wildman–Crippen MR) is 133 cm³/mol. The van der Waals surface area contributed by atoms with E-state index in [1.165, 1.54) is 16.7 Å². The summed E-state index contributed by atoms with van der Waals surface area (Å²) >= 11 is 0. The molecule has 3 rings (SSSR count). The van der Waals surface area contributed by atoms with Gasteiger partial charge in [-0.05, 0) is 48.2 Å². The highest BCUT2D eigenvalue weighted by Crippen LogP contribution is 2.11. The van der Waals surface area contributed by atoms with E-state index in [-0.39, 0.29) is 24.0 Å². The normalized spacial score (nSPS) is 11.1. The Labute approximate surface area is 195 Å². The fraction of sp³-hybridized carbons (Fsp3) is 0.304. The number of rotatable bonds is 9. The molecule has 7 heteroatoms. The molecule has 0 bridgehead atoms. The fourth-order valence-corrected chi connectivity index (χ4v) is 3.08. The Balaban J connectivity index is 0.00000320. The molecule has 2 N–H and O–H groups in total. The average molecular weight is 519 g/mol. The van der Waals surface area contributed by atoms with Crippen LogP contribution in [0.5, 0.6) is 0 Å². The van der Waals surface area contributed by atoms with Crippen molar-refractivity contribution in [2.24, 2.45) is 4.99 Å². The summed E-state index contributed by atoms with van der Waals surface area (Å²) in [5, 5.41) is 11.0. The van der Waals surface area contributed by atoms with E-state index >= 15 is 0 Å². The van der Waals surface area contributed by atoms with Gasteiger partial charge in [0.05, 0.1) is 18.8 Å². The summed E-state index contributed by atoms with van der Waals surface area (Å²) in [7, 11) is 1.72. The molecule has 0 saturated carbocycles. The van der Waals surface area contributed by atoms with Crippen molar-refractivity contribution in [3.63, 3.8) is 0 Å². The van der Waals surface area contributed by atoms with Crippen molar-refractivity contribution in [1.29, 1.82) is 0 Å². The molecule has 0 saturated heterocycles. The topological polar surface area (TPSA) is 63.5 Å². The van der Waals surface area contributed by atoms with E-state index in [1.54, 1.807) is 13.3 Å². The highest BCUT2D eigenvalue weighted by Gasteiger charge is 2.03. The summed E-state index contributed by atoms with van der Waals surface area (Å²) in [4.78, 5) is 4.73. The summed E-state index contributed by atoms with van der Waals surface area (Å²) in [5.41, 5.74) is 4.69. The molecule has 0 amide bonds. The Bertz CT molecular complexity index is 894. The first kappa shape index (κ1) is 23.9. The minimum Gasteiger partial charge on any atom is -0.380 e. The average Bonchev–Trinajstić information content (AvgIpc) is 3.28. The highest BCUT2D eigenvalue weighted by atomic mass is 127. The summed E-state index contributed by atoms with van der Waals surface area (Å²) in [6.45, 7) is 4.93. The van der Waals surface area contributed by atoms with Gasteiger partial charge in [-0.15, -0.1) is 24.0 Å². The van der Waals surface area contributed by atoms with Gasteiger partial charge in [0.2, 0.25) is 0 Å². The van der Waals surface area contributed by atoms with Crippen molar-refractivity contribution < 1.29 is 4.74 Å². The monoisotopic (exact) mass is 519 g/mol. The minimum absolute atomic E-state index is 0. The SMILES string of the molecule is CCNC(=NCc1ccccc1COC)NCCc1ccc(-n2cccn2)cc1.I. The molecule has 1 heterocycles. The van der Waals surface area contributed by atoms with E-state index in [4.69, 9.17) is 9.73 Å². The van der Waals surface area contributed by atoms with Gasteiger partial charge in [0.25, 0.3) is 0 Å². The summed E-state index contributed by atoms with van der Waals surface area (Å²) in [6, 6.07) is 18.6. The lowest BCUT2D eigenvalue weighted by molar-refractivity contribution is 0.184. The molecule has 0 aliphatic carbocycles. The van der Waals surface area contributed by atoms with Gasteiger partial charge in [0.1, 0.15) is 0 Å². The van der Waals surface area contributed by atoms with Gasteiger partial charge >= 0.3 is 0 Å². The van der Waals surface area contributed by atoms with Crippen molar-refractivity contribution in [3.8, 4) is 5.69 Å². The lowest BCUT2D eigenvalue weighted by Crippen LogP contribution is -2.38. The number of hydrogen-bond acceptors (Lipinski definition) is 3. The molecule has 0 aliphatic rings. The van der Waals surface area contributed by atoms with E-state index in [9.17, 15) is 0 Å². The van der Waals surface area contributed by atoms with Crippen LogP contribution < -0.4 is 10.6 Å². The molecule has 1 aromatic heterocycles. The van der Waals surface area contributed by atoms with Crippen LogP contribution in [-0.4, -0.2) is 35.9 Å². The molecule has 3 aromatic rings. The van der Waals surface area contributed by atoms with Crippen molar-refractivity contribution in [2.75, 3.05) is 20.2 Å². The number of hydrogen-bond donors (Lipinski definition) is 2. The van der Waals surface area contributed by atoms with Gasteiger partial charge in [0, 0.05) is 32.6 Å². The van der Waals surface area contributed by atoms with Crippen LogP contribution >= 0.6 is 24.0 Å². The molecule has 0 unspecified atom stereocenters. The van der Waals surface area contributed by atoms with Gasteiger partial charge in [-0.2, -0.15) is 5.10 Å². The van der Waals surface area contributed by atoms with Gasteiger partial charge in [-0.25, -0.2) is 9.67 Å². The standard InChI is InChI=1S/C23H29N5O.HI/c1-3-24-23(26-17-20-7-4-5-8-21(20)18-29-2)25-15-13-19-9-11-22(12-10-19)28-16-6-14-27-28;/h4-12,14,16H,3,13,15,17-18H2,1-2H3,(H2,24,25,26);1H. The number of aromatic nitrogens is 2. The molecule has 160 valence electrons. The molecule has 30 heavy (non-hydrogen) atoms. The lowest BCUT2D eigenvalue weighted by atomic mass is 10.1. The van der Waals surface area contributed by atoms with Crippen molar-refractivity contribution in [3.05, 3.63) is 83.7 Å². The molecule has 0 aliphatic heterocycles. The van der Waals surface area contributed by atoms with E-state index in [1.807, 2.05) is 29.1 Å². The van der Waals surface area contributed by atoms with Crippen LogP contribution in [0.4, 0.5) is 0 Å². The van der Waals surface area contributed by atoms with Gasteiger partial charge in [-0.1, -0.05) is 36.4 Å². The predicted octanol–water partition coefficient (Wildman–Crippen LogP) is 3.93. The smallest absolute Gasteiger partial charge is 0.191 e. The number of benzene rings is 2. The Kier molecular flexibility index (Phi) is 10.4. The second-order valence-corrected chi connectivity index (χ2v) is 6.69. The first-order valence-electron chi connectivity index (χ1n) is 9.97. The van der Waals surface area contributed by atoms with Crippen molar-refractivity contribution in [2.45, 2.75) is 26.5 Å². The first-order valence-corrected chi connectivity index (χ1v) is 9.97. The third-order valence-electron chi connectivity index (χ3n) is 4.58. The van der Waals surface area contributed by atoms with Gasteiger partial charge in [0.15, 0.2) is 5.96 Å². The Hall–Kier alpha value is -2.39. The van der Waals surface area contributed by atoms with E-state index in [0.29, 0.717) is 13.2 Å². The van der Waals surface area contributed by atoms with E-state index < -0.39 is 0 Å². The summed E-state index contributed by atoms with van der Waals surface area (Å²) in [6.07, 6.45) is 4.65. The summed E-state index contributed by atoms with van der Waals surface area (Å²) in [5.74, 6) is 0.827. The number of nitrogens with one attached hydrogen (secondary N) is 2. The number of nitrogens with zero attached hydrogens (tertiary/aromatic N) is 3. The maximum Gasteiger partial charge on any atom is 0.191 e. The van der Waals surface area contributed by atoms with Crippen LogP contribution in [0.3, 0.4) is 0 Å². The highest BCUT2D eigenvalue weighted by molar-refractivity contribution is 14.0. The molecule has 0 atom stereocenters. The van der Waals surface area contributed by atoms with Crippen molar-refractivity contribution >= 4 is 29.9 Å². The number of ether oxygens (including phenoxy) is 1. The van der Waals surface area contributed by atoms with Crippen LogP contribution in [0.15, 0.2) is 72.0 Å². The maximum absolute atomic E-state index is 5.28. The number of guanidine groups is 1. The second kappa shape index (κ2) is 13.0. The molecule has 2 aromatic carbocycles. The van der Waals surface area contributed by atoms with Gasteiger partial charge < -0.3 is 15.4 Å². The minimum atomic E-state index is 0. The van der Waals surface area contributed by atoms with Gasteiger partial charge in [-0.3, -0.25) is 0 Å². The Morgan fingerprint density at radius 2 is 1.80 bits per heavy atom. The fourth-order valence-electron chi connectivity index (χ4n) is 3.08. The molecule has 0 fully saturated rings. The van der Waals surface area contributed by atoms with Crippen LogP contribution in [0.2, 0.25) is 0 Å². The first-order chi connectivity index (χ1) is 14.3. The third kappa shape index (κ3) is 7.14. The van der Waals surface area contributed by atoms with E-state index in [0.717, 1.165) is 31.2 Å². The largest absolute Gasteiger partial charge is 0.380 e. The lowest BCUT2D eigenvalue weighted by Gasteiger charge is -2.12. The molecular formula is C23H30IN5O. The molecule has 0 spiro atoms. The molecule has 0 radical (unpaired) electrons. The van der Waals surface area contributed by atoms with Crippen LogP contribution in [0.1, 0.15) is 23.6 Å². The molecule has 6 nitrogen and oxygen atoms in total. The number of halogens is 1.